The first-order chi connectivity index (χ1) is 8.27. The highest BCUT2D eigenvalue weighted by atomic mass is 35.5. The number of carbonyl (C=O) groups excluding carboxylic acids is 1. The van der Waals surface area contributed by atoms with E-state index in [-0.39, 0.29) is 11.2 Å². The second-order valence-corrected chi connectivity index (χ2v) is 4.21. The first-order valence-electron chi connectivity index (χ1n) is 5.40. The fourth-order valence-corrected chi connectivity index (χ4v) is 1.97. The fraction of sp³-hybridized carbons (Fsp3) is 0.143. The molecule has 0 aliphatic rings. The average Bonchev–Trinajstić information content (AvgIpc) is 2.38. The number of benzene rings is 1. The summed E-state index contributed by atoms with van der Waals surface area (Å²) in [5.74, 6) is -0.304. The van der Waals surface area contributed by atoms with Crippen LogP contribution in [0.4, 0.5) is 0 Å². The Morgan fingerprint density at radius 3 is 2.53 bits per heavy atom. The van der Waals surface area contributed by atoms with E-state index in [0.29, 0.717) is 6.42 Å². The van der Waals surface area contributed by atoms with E-state index >= 15 is 0 Å². The molecule has 0 radical (unpaired) electrons. The normalized spacial score (nSPS) is 12.1. The molecule has 0 spiro atoms. The Labute approximate surface area is 105 Å². The van der Waals surface area contributed by atoms with Gasteiger partial charge < -0.3 is 0 Å². The van der Waals surface area contributed by atoms with Crippen LogP contribution in [0.2, 0.25) is 0 Å². The number of nitrogens with zero attached hydrogens (tertiary/aromatic N) is 1. The van der Waals surface area contributed by atoms with Gasteiger partial charge in [-0.3, -0.25) is 9.78 Å². The average molecular weight is 246 g/mol. The Hall–Kier alpha value is -1.67. The molecule has 17 heavy (non-hydrogen) atoms. The topological polar surface area (TPSA) is 30.0 Å². The molecular weight excluding hydrogens is 234 g/mol. The molecule has 0 bridgehead atoms. The SMILES string of the molecule is O=C(Cl)C(Cc1cccnc1)c1ccccc1. The van der Waals surface area contributed by atoms with E-state index in [2.05, 4.69) is 4.98 Å². The van der Waals surface area contributed by atoms with Crippen molar-refractivity contribution in [2.75, 3.05) is 0 Å². The lowest BCUT2D eigenvalue weighted by atomic mass is 9.94. The molecule has 3 heteroatoms. The van der Waals surface area contributed by atoms with Crippen LogP contribution in [0.1, 0.15) is 17.0 Å². The van der Waals surface area contributed by atoms with Crippen LogP contribution in [0.15, 0.2) is 54.9 Å². The van der Waals surface area contributed by atoms with Gasteiger partial charge in [0.05, 0.1) is 5.92 Å². The quantitative estimate of drug-likeness (QED) is 0.775. The van der Waals surface area contributed by atoms with E-state index < -0.39 is 0 Å². The van der Waals surface area contributed by atoms with Gasteiger partial charge in [0, 0.05) is 12.4 Å². The summed E-state index contributed by atoms with van der Waals surface area (Å²) in [4.78, 5) is 15.5. The van der Waals surface area contributed by atoms with Crippen LogP contribution >= 0.6 is 11.6 Å². The van der Waals surface area contributed by atoms with Crippen molar-refractivity contribution >= 4 is 16.8 Å². The molecular formula is C14H12ClNO. The predicted molar refractivity (Wildman–Crippen MR) is 68.0 cm³/mol. The van der Waals surface area contributed by atoms with Crippen molar-refractivity contribution in [1.29, 1.82) is 0 Å². The Morgan fingerprint density at radius 1 is 1.18 bits per heavy atom. The molecule has 0 aliphatic heterocycles. The summed E-state index contributed by atoms with van der Waals surface area (Å²) in [5, 5.41) is -0.333. The number of pyridine rings is 1. The van der Waals surface area contributed by atoms with E-state index in [0.717, 1.165) is 11.1 Å². The largest absolute Gasteiger partial charge is 0.281 e. The minimum atomic E-state index is -0.333. The van der Waals surface area contributed by atoms with Gasteiger partial charge in [-0.25, -0.2) is 0 Å². The van der Waals surface area contributed by atoms with Gasteiger partial charge in [-0.15, -0.1) is 0 Å². The smallest absolute Gasteiger partial charge is 0.229 e. The summed E-state index contributed by atoms with van der Waals surface area (Å²) >= 11 is 5.67. The molecule has 86 valence electrons. The van der Waals surface area contributed by atoms with Gasteiger partial charge >= 0.3 is 0 Å². The predicted octanol–water partition coefficient (Wildman–Crippen LogP) is 3.17. The van der Waals surface area contributed by atoms with Gasteiger partial charge in [-0.05, 0) is 35.2 Å². The molecule has 1 aromatic carbocycles. The third-order valence-electron chi connectivity index (χ3n) is 2.64. The Kier molecular flexibility index (Phi) is 3.89. The van der Waals surface area contributed by atoms with E-state index in [9.17, 15) is 4.79 Å². The third-order valence-corrected chi connectivity index (χ3v) is 2.90. The first kappa shape index (κ1) is 11.8. The maximum absolute atomic E-state index is 11.5. The number of carbonyl (C=O) groups is 1. The second kappa shape index (κ2) is 5.60. The van der Waals surface area contributed by atoms with E-state index in [1.165, 1.54) is 0 Å². The van der Waals surface area contributed by atoms with Crippen LogP contribution in [0.25, 0.3) is 0 Å². The van der Waals surface area contributed by atoms with Crippen LogP contribution in [-0.2, 0) is 11.2 Å². The van der Waals surface area contributed by atoms with Crippen LogP contribution < -0.4 is 0 Å². The molecule has 1 atom stereocenters. The monoisotopic (exact) mass is 245 g/mol. The molecule has 1 heterocycles. The van der Waals surface area contributed by atoms with Crippen molar-refractivity contribution in [1.82, 2.24) is 4.98 Å². The summed E-state index contributed by atoms with van der Waals surface area (Å²) in [5.41, 5.74) is 1.95. The zero-order valence-electron chi connectivity index (χ0n) is 9.21. The van der Waals surface area contributed by atoms with Crippen molar-refractivity contribution < 1.29 is 4.79 Å². The minimum absolute atomic E-state index is 0.304. The van der Waals surface area contributed by atoms with Crippen LogP contribution in [0.5, 0.6) is 0 Å². The van der Waals surface area contributed by atoms with Gasteiger partial charge in [-0.1, -0.05) is 36.4 Å². The molecule has 0 saturated carbocycles. The molecule has 0 amide bonds. The van der Waals surface area contributed by atoms with Crippen molar-refractivity contribution in [3.63, 3.8) is 0 Å². The standard InChI is InChI=1S/C14H12ClNO/c15-14(17)13(12-6-2-1-3-7-12)9-11-5-4-8-16-10-11/h1-8,10,13H,9H2. The Balaban J connectivity index is 2.23. The third kappa shape index (κ3) is 3.14. The molecule has 0 fully saturated rings. The maximum Gasteiger partial charge on any atom is 0.229 e. The summed E-state index contributed by atoms with van der Waals surface area (Å²) in [6.07, 6.45) is 4.06. The molecule has 1 aromatic heterocycles. The second-order valence-electron chi connectivity index (χ2n) is 3.83. The van der Waals surface area contributed by atoms with Gasteiger partial charge in [-0.2, -0.15) is 0 Å². The summed E-state index contributed by atoms with van der Waals surface area (Å²) in [7, 11) is 0. The van der Waals surface area contributed by atoms with Crippen molar-refractivity contribution in [2.45, 2.75) is 12.3 Å². The molecule has 2 aromatic rings. The number of rotatable bonds is 4. The summed E-state index contributed by atoms with van der Waals surface area (Å²) in [6, 6.07) is 13.4. The molecule has 0 saturated heterocycles. The van der Waals surface area contributed by atoms with Gasteiger partial charge in [0.15, 0.2) is 0 Å². The summed E-state index contributed by atoms with van der Waals surface area (Å²) in [6.45, 7) is 0. The molecule has 2 rings (SSSR count). The molecule has 0 aliphatic carbocycles. The van der Waals surface area contributed by atoms with Gasteiger partial charge in [0.2, 0.25) is 5.24 Å². The Bertz CT molecular complexity index is 484. The number of halogens is 1. The highest BCUT2D eigenvalue weighted by Gasteiger charge is 2.18. The van der Waals surface area contributed by atoms with Gasteiger partial charge in [0.25, 0.3) is 0 Å². The highest BCUT2D eigenvalue weighted by Crippen LogP contribution is 2.22. The van der Waals surface area contributed by atoms with E-state index in [4.69, 9.17) is 11.6 Å². The molecule has 0 N–H and O–H groups in total. The van der Waals surface area contributed by atoms with Crippen molar-refractivity contribution in [3.8, 4) is 0 Å². The fourth-order valence-electron chi connectivity index (χ4n) is 1.77. The van der Waals surface area contributed by atoms with Crippen LogP contribution in [0.3, 0.4) is 0 Å². The number of hydrogen-bond acceptors (Lipinski definition) is 2. The highest BCUT2D eigenvalue weighted by molar-refractivity contribution is 6.64. The number of hydrogen-bond donors (Lipinski definition) is 0. The lowest BCUT2D eigenvalue weighted by molar-refractivity contribution is -0.113. The van der Waals surface area contributed by atoms with Crippen molar-refractivity contribution in [3.05, 3.63) is 66.0 Å². The summed E-state index contributed by atoms with van der Waals surface area (Å²) < 4.78 is 0. The first-order valence-corrected chi connectivity index (χ1v) is 5.78. The minimum Gasteiger partial charge on any atom is -0.281 e. The van der Waals surface area contributed by atoms with E-state index in [1.54, 1.807) is 12.4 Å². The van der Waals surface area contributed by atoms with Crippen LogP contribution in [-0.4, -0.2) is 10.2 Å². The zero-order chi connectivity index (χ0) is 12.1. The lowest BCUT2D eigenvalue weighted by Crippen LogP contribution is -2.10. The van der Waals surface area contributed by atoms with Crippen LogP contribution in [0, 0.1) is 0 Å². The Morgan fingerprint density at radius 2 is 1.94 bits per heavy atom. The zero-order valence-corrected chi connectivity index (χ0v) is 9.97. The van der Waals surface area contributed by atoms with Crippen molar-refractivity contribution in [2.24, 2.45) is 0 Å². The number of aromatic nitrogens is 1. The van der Waals surface area contributed by atoms with E-state index in [1.807, 2.05) is 42.5 Å². The lowest BCUT2D eigenvalue weighted by Gasteiger charge is -2.12. The molecule has 2 nitrogen and oxygen atoms in total. The maximum atomic E-state index is 11.5. The molecule has 1 unspecified atom stereocenters. The van der Waals surface area contributed by atoms with Gasteiger partial charge in [0.1, 0.15) is 0 Å².